The van der Waals surface area contributed by atoms with Gasteiger partial charge in [0.1, 0.15) is 0 Å². The van der Waals surface area contributed by atoms with Crippen LogP contribution in [0.25, 0.3) is 0 Å². The smallest absolute Gasteiger partial charge is 0.266 e. The van der Waals surface area contributed by atoms with Gasteiger partial charge in [0.05, 0.1) is 0 Å². The maximum Gasteiger partial charge on any atom is 0.338 e. The monoisotopic (exact) mass is 136 g/mol. The summed E-state index contributed by atoms with van der Waals surface area (Å²) in [4.78, 5) is 10.5. The molecule has 0 saturated heterocycles. The van der Waals surface area contributed by atoms with E-state index < -0.39 is 6.03 Å². The van der Waals surface area contributed by atoms with Crippen LogP contribution < -0.4 is 10.6 Å². The Kier molecular flexibility index (Phi) is 4.64. The Labute approximate surface area is 60.2 Å². The molecule has 0 aromatic heterocycles. The molecule has 0 bridgehead atoms. The molecule has 0 heterocycles. The van der Waals surface area contributed by atoms with Crippen LogP contribution in [0.1, 0.15) is 13.8 Å². The van der Waals surface area contributed by atoms with Crippen molar-refractivity contribution in [2.75, 3.05) is 0 Å². The predicted molar refractivity (Wildman–Crippen MR) is 38.6 cm³/mol. The molecule has 0 aromatic rings. The lowest BCUT2D eigenvalue weighted by molar-refractivity contribution is 0.248. The van der Waals surface area contributed by atoms with Crippen molar-refractivity contribution in [3.05, 3.63) is 0 Å². The van der Waals surface area contributed by atoms with Crippen LogP contribution in [0.5, 0.6) is 0 Å². The highest BCUT2D eigenvalue weighted by Gasteiger charge is 1.88. The van der Waals surface area contributed by atoms with E-state index in [0.29, 0.717) is 0 Å². The molecule has 2 N–H and O–H groups in total. The minimum absolute atomic E-state index is 0.399. The van der Waals surface area contributed by atoms with Gasteiger partial charge in [-0.25, -0.2) is 4.79 Å². The van der Waals surface area contributed by atoms with Gasteiger partial charge < -0.3 is 0 Å². The third-order valence-electron chi connectivity index (χ3n) is 0.602. The molecule has 0 aliphatic heterocycles. The second kappa shape index (κ2) is 5.53. The Hall–Kier alpha value is -1.61. The van der Waals surface area contributed by atoms with Gasteiger partial charge in [-0.2, -0.15) is 0 Å². The largest absolute Gasteiger partial charge is 0.338 e. The summed E-state index contributed by atoms with van der Waals surface area (Å²) in [7, 11) is 0. The lowest BCUT2D eigenvalue weighted by atomic mass is 10.7. The molecule has 0 fully saturated rings. The van der Waals surface area contributed by atoms with Crippen molar-refractivity contribution in [2.45, 2.75) is 13.8 Å². The van der Waals surface area contributed by atoms with E-state index in [1.54, 1.807) is 13.8 Å². The standard InChI is InChI=1S/C7H8N2O/c1-3-5-8-7(10)9-6-4-2/h1-2H3,(H2,8,9,10). The zero-order valence-corrected chi connectivity index (χ0v) is 5.91. The SMILES string of the molecule is CC#CNC(=O)NC#CC. The van der Waals surface area contributed by atoms with Crippen LogP contribution >= 0.6 is 0 Å². The van der Waals surface area contributed by atoms with Gasteiger partial charge in [-0.1, -0.05) is 11.8 Å². The first-order valence-electron chi connectivity index (χ1n) is 2.70. The Morgan fingerprint density at radius 3 is 1.80 bits per heavy atom. The number of amides is 2. The molecule has 0 radical (unpaired) electrons. The normalized spacial score (nSPS) is 5.80. The number of hydrogen-bond acceptors (Lipinski definition) is 1. The van der Waals surface area contributed by atoms with Crippen molar-refractivity contribution < 1.29 is 4.79 Å². The molecule has 0 rings (SSSR count). The van der Waals surface area contributed by atoms with E-state index >= 15 is 0 Å². The Balaban J connectivity index is 3.58. The number of carbonyl (C=O) groups is 1. The minimum atomic E-state index is -0.399. The number of rotatable bonds is 0. The number of nitrogens with one attached hydrogen (secondary N) is 2. The van der Waals surface area contributed by atoms with Gasteiger partial charge in [-0.05, 0) is 13.8 Å². The summed E-state index contributed by atoms with van der Waals surface area (Å²) in [6.07, 6.45) is 0. The first kappa shape index (κ1) is 8.39. The molecule has 3 nitrogen and oxygen atoms in total. The number of urea groups is 1. The van der Waals surface area contributed by atoms with Crippen molar-refractivity contribution in [3.8, 4) is 23.9 Å². The summed E-state index contributed by atoms with van der Waals surface area (Å²) in [6.45, 7) is 3.26. The molecule has 0 aliphatic carbocycles. The van der Waals surface area contributed by atoms with Crippen molar-refractivity contribution in [3.63, 3.8) is 0 Å². The first-order valence-corrected chi connectivity index (χ1v) is 2.70. The molecule has 0 spiro atoms. The van der Waals surface area contributed by atoms with Crippen molar-refractivity contribution >= 4 is 6.03 Å². The van der Waals surface area contributed by atoms with Crippen molar-refractivity contribution in [1.29, 1.82) is 0 Å². The number of carbonyl (C=O) groups excluding carboxylic acids is 1. The van der Waals surface area contributed by atoms with Crippen LogP contribution in [-0.4, -0.2) is 6.03 Å². The molecular formula is C7H8N2O. The van der Waals surface area contributed by atoms with E-state index in [4.69, 9.17) is 0 Å². The molecule has 0 atom stereocenters. The lowest BCUT2D eigenvalue weighted by Gasteiger charge is -1.90. The second-order valence-electron chi connectivity index (χ2n) is 1.33. The van der Waals surface area contributed by atoms with E-state index in [1.165, 1.54) is 0 Å². The van der Waals surface area contributed by atoms with Crippen LogP contribution in [0.3, 0.4) is 0 Å². The summed E-state index contributed by atoms with van der Waals surface area (Å²) in [5.41, 5.74) is 0. The fourth-order valence-corrected chi connectivity index (χ4v) is 0.270. The Morgan fingerprint density at radius 2 is 1.50 bits per heavy atom. The zero-order valence-electron chi connectivity index (χ0n) is 5.91. The van der Waals surface area contributed by atoms with Crippen LogP contribution in [-0.2, 0) is 0 Å². The molecular weight excluding hydrogens is 128 g/mol. The molecule has 10 heavy (non-hydrogen) atoms. The topological polar surface area (TPSA) is 41.1 Å². The Bertz CT molecular complexity index is 199. The van der Waals surface area contributed by atoms with Gasteiger partial charge in [-0.3, -0.25) is 10.6 Å². The van der Waals surface area contributed by atoms with Crippen LogP contribution in [0.4, 0.5) is 4.79 Å². The van der Waals surface area contributed by atoms with Crippen LogP contribution in [0.2, 0.25) is 0 Å². The molecule has 0 aliphatic rings. The van der Waals surface area contributed by atoms with Crippen LogP contribution in [0.15, 0.2) is 0 Å². The minimum Gasteiger partial charge on any atom is -0.266 e. The summed E-state index contributed by atoms with van der Waals surface area (Å²) in [5, 5.41) is 4.51. The molecule has 0 aromatic carbocycles. The van der Waals surface area contributed by atoms with E-state index in [-0.39, 0.29) is 0 Å². The first-order chi connectivity index (χ1) is 4.81. The molecule has 3 heteroatoms. The van der Waals surface area contributed by atoms with Gasteiger partial charge in [0.25, 0.3) is 0 Å². The third kappa shape index (κ3) is 4.55. The highest BCUT2D eigenvalue weighted by atomic mass is 16.2. The summed E-state index contributed by atoms with van der Waals surface area (Å²) in [5.74, 6) is 5.01. The van der Waals surface area contributed by atoms with E-state index in [1.807, 2.05) is 0 Å². The molecule has 0 saturated carbocycles. The second-order valence-corrected chi connectivity index (χ2v) is 1.33. The van der Waals surface area contributed by atoms with Gasteiger partial charge in [0.2, 0.25) is 0 Å². The highest BCUT2D eigenvalue weighted by molar-refractivity contribution is 5.77. The number of hydrogen-bond donors (Lipinski definition) is 2. The summed E-state index contributed by atoms with van der Waals surface area (Å²) in [6, 6.07) is 4.35. The van der Waals surface area contributed by atoms with Gasteiger partial charge >= 0.3 is 6.03 Å². The van der Waals surface area contributed by atoms with Crippen molar-refractivity contribution in [2.24, 2.45) is 0 Å². The van der Waals surface area contributed by atoms with Crippen molar-refractivity contribution in [1.82, 2.24) is 10.6 Å². The van der Waals surface area contributed by atoms with E-state index in [2.05, 4.69) is 34.6 Å². The van der Waals surface area contributed by atoms with Gasteiger partial charge in [-0.15, -0.1) is 0 Å². The summed E-state index contributed by atoms with van der Waals surface area (Å²) >= 11 is 0. The average Bonchev–Trinajstić information content (AvgIpc) is 1.97. The maximum atomic E-state index is 10.5. The fraction of sp³-hybridized carbons (Fsp3) is 0.286. The fourth-order valence-electron chi connectivity index (χ4n) is 0.270. The lowest BCUT2D eigenvalue weighted by Crippen LogP contribution is -2.28. The average molecular weight is 136 g/mol. The molecule has 52 valence electrons. The third-order valence-corrected chi connectivity index (χ3v) is 0.602. The molecule has 2 amide bonds. The highest BCUT2D eigenvalue weighted by Crippen LogP contribution is 1.58. The van der Waals surface area contributed by atoms with Gasteiger partial charge in [0.15, 0.2) is 0 Å². The van der Waals surface area contributed by atoms with Gasteiger partial charge in [0, 0.05) is 12.1 Å². The Morgan fingerprint density at radius 1 is 1.10 bits per heavy atom. The predicted octanol–water partition coefficient (Wildman–Crippen LogP) is 0.247. The maximum absolute atomic E-state index is 10.5. The van der Waals surface area contributed by atoms with E-state index in [9.17, 15) is 4.79 Å². The van der Waals surface area contributed by atoms with Crippen LogP contribution in [0, 0.1) is 23.9 Å². The van der Waals surface area contributed by atoms with E-state index in [0.717, 1.165) is 0 Å². The summed E-state index contributed by atoms with van der Waals surface area (Å²) < 4.78 is 0. The quantitative estimate of drug-likeness (QED) is 0.363. The molecule has 0 unspecified atom stereocenters. The zero-order chi connectivity index (χ0) is 7.82.